The van der Waals surface area contributed by atoms with Crippen LogP contribution in [0, 0.1) is 20.8 Å². The van der Waals surface area contributed by atoms with E-state index >= 15 is 0 Å². The summed E-state index contributed by atoms with van der Waals surface area (Å²) in [5.41, 5.74) is 4.10. The minimum Gasteiger partial charge on any atom is -0.462 e. The Morgan fingerprint density at radius 3 is 2.74 bits per heavy atom. The van der Waals surface area contributed by atoms with Crippen LogP contribution in [0.3, 0.4) is 0 Å². The van der Waals surface area contributed by atoms with Crippen LogP contribution in [0.15, 0.2) is 22.7 Å². The minimum absolute atomic E-state index is 0.329. The van der Waals surface area contributed by atoms with Gasteiger partial charge in [-0.15, -0.1) is 0 Å². The predicted molar refractivity (Wildman–Crippen MR) is 72.1 cm³/mol. The second-order valence-electron chi connectivity index (χ2n) is 4.43. The molecule has 2 rings (SSSR count). The van der Waals surface area contributed by atoms with Gasteiger partial charge in [0, 0.05) is 5.56 Å². The summed E-state index contributed by atoms with van der Waals surface area (Å²) in [5, 5.41) is 4.02. The van der Waals surface area contributed by atoms with Crippen molar-refractivity contribution in [2.24, 2.45) is 0 Å². The van der Waals surface area contributed by atoms with E-state index in [1.54, 1.807) is 13.8 Å². The van der Waals surface area contributed by atoms with E-state index < -0.39 is 5.97 Å². The van der Waals surface area contributed by atoms with E-state index in [-0.39, 0.29) is 0 Å². The van der Waals surface area contributed by atoms with Gasteiger partial charge in [0.05, 0.1) is 6.61 Å². The van der Waals surface area contributed by atoms with E-state index in [0.29, 0.717) is 23.6 Å². The maximum Gasteiger partial charge on any atom is 0.344 e. The lowest BCUT2D eigenvalue weighted by Gasteiger charge is -2.07. The zero-order chi connectivity index (χ0) is 14.0. The van der Waals surface area contributed by atoms with Crippen molar-refractivity contribution in [2.45, 2.75) is 27.7 Å². The number of carbonyl (C=O) groups is 1. The first-order valence-electron chi connectivity index (χ1n) is 6.26. The van der Waals surface area contributed by atoms with Crippen LogP contribution in [0.5, 0.6) is 0 Å². The van der Waals surface area contributed by atoms with Crippen molar-refractivity contribution in [1.82, 2.24) is 5.16 Å². The number of rotatable bonds is 3. The Labute approximate surface area is 112 Å². The number of esters is 1. The summed E-state index contributed by atoms with van der Waals surface area (Å²) >= 11 is 0. The summed E-state index contributed by atoms with van der Waals surface area (Å²) in [6.45, 7) is 7.85. The molecule has 0 saturated carbocycles. The maximum atomic E-state index is 12.0. The molecule has 0 atom stereocenters. The zero-order valence-corrected chi connectivity index (χ0v) is 11.6. The molecule has 1 aromatic heterocycles. The molecule has 0 N–H and O–H groups in total. The van der Waals surface area contributed by atoms with Crippen molar-refractivity contribution >= 4 is 5.97 Å². The Morgan fingerprint density at radius 1 is 1.32 bits per heavy atom. The van der Waals surface area contributed by atoms with Gasteiger partial charge in [0.2, 0.25) is 0 Å². The monoisotopic (exact) mass is 259 g/mol. The molecule has 0 bridgehead atoms. The SMILES string of the molecule is CCOC(=O)c1c(-c2cccc(C)c2C)noc1C. The molecule has 19 heavy (non-hydrogen) atoms. The third kappa shape index (κ3) is 2.38. The lowest BCUT2D eigenvalue weighted by molar-refractivity contribution is 0.0525. The molecule has 0 aliphatic rings. The fourth-order valence-corrected chi connectivity index (χ4v) is 2.01. The first-order chi connectivity index (χ1) is 9.06. The highest BCUT2D eigenvalue weighted by molar-refractivity contribution is 5.97. The van der Waals surface area contributed by atoms with Crippen LogP contribution in [-0.4, -0.2) is 17.7 Å². The number of hydrogen-bond acceptors (Lipinski definition) is 4. The zero-order valence-electron chi connectivity index (χ0n) is 11.6. The topological polar surface area (TPSA) is 52.3 Å². The maximum absolute atomic E-state index is 12.0. The molecule has 0 amide bonds. The molecule has 0 aliphatic heterocycles. The summed E-state index contributed by atoms with van der Waals surface area (Å²) in [6, 6.07) is 5.90. The first-order valence-corrected chi connectivity index (χ1v) is 6.26. The van der Waals surface area contributed by atoms with Gasteiger partial charge in [-0.05, 0) is 38.8 Å². The van der Waals surface area contributed by atoms with Crippen molar-refractivity contribution < 1.29 is 14.1 Å². The molecule has 0 radical (unpaired) electrons. The molecule has 0 unspecified atom stereocenters. The average molecular weight is 259 g/mol. The number of aromatic nitrogens is 1. The normalized spacial score (nSPS) is 10.5. The molecule has 100 valence electrons. The Morgan fingerprint density at radius 2 is 2.05 bits per heavy atom. The highest BCUT2D eigenvalue weighted by atomic mass is 16.5. The average Bonchev–Trinajstić information content (AvgIpc) is 2.75. The van der Waals surface area contributed by atoms with Gasteiger partial charge in [-0.3, -0.25) is 0 Å². The van der Waals surface area contributed by atoms with Gasteiger partial charge in [0.25, 0.3) is 0 Å². The third-order valence-electron chi connectivity index (χ3n) is 3.20. The van der Waals surface area contributed by atoms with Crippen molar-refractivity contribution in [3.8, 4) is 11.3 Å². The van der Waals surface area contributed by atoms with Crippen LogP contribution in [0.1, 0.15) is 34.2 Å². The van der Waals surface area contributed by atoms with Crippen LogP contribution in [-0.2, 0) is 4.74 Å². The number of aryl methyl sites for hydroxylation is 2. The molecular weight excluding hydrogens is 242 g/mol. The fourth-order valence-electron chi connectivity index (χ4n) is 2.01. The molecule has 4 heteroatoms. The van der Waals surface area contributed by atoms with Crippen LogP contribution in [0.25, 0.3) is 11.3 Å². The van der Waals surface area contributed by atoms with Gasteiger partial charge in [0.1, 0.15) is 17.0 Å². The number of carbonyl (C=O) groups excluding carboxylic acids is 1. The van der Waals surface area contributed by atoms with E-state index in [1.807, 2.05) is 32.0 Å². The second kappa shape index (κ2) is 5.26. The van der Waals surface area contributed by atoms with Gasteiger partial charge in [0.15, 0.2) is 0 Å². The van der Waals surface area contributed by atoms with E-state index in [2.05, 4.69) is 5.16 Å². The second-order valence-corrected chi connectivity index (χ2v) is 4.43. The van der Waals surface area contributed by atoms with Crippen molar-refractivity contribution in [2.75, 3.05) is 6.61 Å². The van der Waals surface area contributed by atoms with Gasteiger partial charge >= 0.3 is 5.97 Å². The molecule has 1 heterocycles. The Kier molecular flexibility index (Phi) is 3.69. The Balaban J connectivity index is 2.57. The predicted octanol–water partition coefficient (Wildman–Crippen LogP) is 3.44. The van der Waals surface area contributed by atoms with Crippen LogP contribution < -0.4 is 0 Å². The number of hydrogen-bond donors (Lipinski definition) is 0. The van der Waals surface area contributed by atoms with Gasteiger partial charge in [-0.25, -0.2) is 4.79 Å². The van der Waals surface area contributed by atoms with Crippen molar-refractivity contribution in [3.63, 3.8) is 0 Å². The van der Waals surface area contributed by atoms with Crippen molar-refractivity contribution in [3.05, 3.63) is 40.6 Å². The standard InChI is InChI=1S/C15H17NO3/c1-5-18-15(17)13-11(4)19-16-14(13)12-8-6-7-9(2)10(12)3/h6-8H,5H2,1-4H3. The highest BCUT2D eigenvalue weighted by Crippen LogP contribution is 2.29. The summed E-state index contributed by atoms with van der Waals surface area (Å²) < 4.78 is 10.2. The summed E-state index contributed by atoms with van der Waals surface area (Å²) in [6.07, 6.45) is 0. The van der Waals surface area contributed by atoms with Gasteiger partial charge in [-0.1, -0.05) is 23.4 Å². The molecule has 1 aromatic carbocycles. The Bertz CT molecular complexity index is 614. The van der Waals surface area contributed by atoms with E-state index in [0.717, 1.165) is 16.7 Å². The van der Waals surface area contributed by atoms with Gasteiger partial charge < -0.3 is 9.26 Å². The fraction of sp³-hybridized carbons (Fsp3) is 0.333. The Hall–Kier alpha value is -2.10. The van der Waals surface area contributed by atoms with E-state index in [1.165, 1.54) is 0 Å². The molecule has 4 nitrogen and oxygen atoms in total. The van der Waals surface area contributed by atoms with E-state index in [4.69, 9.17) is 9.26 Å². The summed E-state index contributed by atoms with van der Waals surface area (Å²) in [5.74, 6) is 0.0894. The van der Waals surface area contributed by atoms with Crippen LogP contribution >= 0.6 is 0 Å². The minimum atomic E-state index is -0.392. The molecular formula is C15H17NO3. The summed E-state index contributed by atoms with van der Waals surface area (Å²) in [4.78, 5) is 12.0. The molecule has 0 saturated heterocycles. The number of nitrogens with zero attached hydrogens (tertiary/aromatic N) is 1. The quantitative estimate of drug-likeness (QED) is 0.792. The van der Waals surface area contributed by atoms with Crippen LogP contribution in [0.2, 0.25) is 0 Å². The molecule has 0 aliphatic carbocycles. The van der Waals surface area contributed by atoms with Crippen molar-refractivity contribution in [1.29, 1.82) is 0 Å². The highest BCUT2D eigenvalue weighted by Gasteiger charge is 2.23. The third-order valence-corrected chi connectivity index (χ3v) is 3.20. The molecule has 2 aromatic rings. The molecule has 0 spiro atoms. The smallest absolute Gasteiger partial charge is 0.344 e. The number of ether oxygens (including phenoxy) is 1. The van der Waals surface area contributed by atoms with Gasteiger partial charge in [-0.2, -0.15) is 0 Å². The molecule has 0 fully saturated rings. The van der Waals surface area contributed by atoms with E-state index in [9.17, 15) is 4.79 Å². The lowest BCUT2D eigenvalue weighted by Crippen LogP contribution is -2.07. The lowest BCUT2D eigenvalue weighted by atomic mass is 9.98. The number of benzene rings is 1. The summed E-state index contributed by atoms with van der Waals surface area (Å²) in [7, 11) is 0. The van der Waals surface area contributed by atoms with Crippen LogP contribution in [0.4, 0.5) is 0 Å². The largest absolute Gasteiger partial charge is 0.462 e. The first kappa shape index (κ1) is 13.3.